The van der Waals surface area contributed by atoms with Crippen LogP contribution in [-0.4, -0.2) is 8.80 Å². The summed E-state index contributed by atoms with van der Waals surface area (Å²) in [7, 11) is 0. The third kappa shape index (κ3) is 0.0467. The molecule has 7 aromatic rings. The van der Waals surface area contributed by atoms with E-state index < -0.39 is 0 Å². The van der Waals surface area contributed by atoms with Gasteiger partial charge in [0.1, 0.15) is 0 Å². The zero-order chi connectivity index (χ0) is 4.62. The van der Waals surface area contributed by atoms with Gasteiger partial charge >= 0.3 is 0 Å². The van der Waals surface area contributed by atoms with Crippen LogP contribution >= 0.6 is 0 Å². The van der Waals surface area contributed by atoms with E-state index in [1.165, 1.54) is 0 Å². The Morgan fingerprint density at radius 3 is 1.00 bits per heavy atom. The lowest BCUT2D eigenvalue weighted by Gasteiger charge is -1.80. The largest absolute Gasteiger partial charge is 0.298 e. The van der Waals surface area contributed by atoms with Gasteiger partial charge in [-0.1, -0.05) is 0 Å². The molecule has 0 saturated heterocycles. The lowest BCUT2D eigenvalue weighted by atomic mass is 10.3. The fraction of sp³-hybridized carbons (Fsp3) is 0. The molecule has 1 aromatic carbocycles. The maximum absolute atomic E-state index is 2.34. The first-order valence-corrected chi connectivity index (χ1v) is 2.84. The van der Waals surface area contributed by atoms with E-state index in [1.807, 2.05) is 0 Å². The Morgan fingerprint density at radius 2 is 0.750 bits per heavy atom. The minimum atomic E-state index is 1.55. The molecule has 4 bridgehead atoms. The molecule has 0 atom stereocenters. The lowest BCUT2D eigenvalue weighted by molar-refractivity contribution is 1.53. The molecule has 6 heterocycles. The van der Waals surface area contributed by atoms with Crippen molar-refractivity contribution in [2.75, 3.05) is 0 Å². The highest BCUT2D eigenvalue weighted by molar-refractivity contribution is 6.45. The number of rotatable bonds is 0. The summed E-state index contributed by atoms with van der Waals surface area (Å²) < 4.78 is 4.69. The van der Waals surface area contributed by atoms with Crippen LogP contribution in [0.15, 0.2) is 0 Å². The van der Waals surface area contributed by atoms with E-state index in [1.54, 1.807) is 33.1 Å². The zero-order valence-electron chi connectivity index (χ0n) is 3.89. The molecule has 0 aliphatic carbocycles. The van der Waals surface area contributed by atoms with E-state index in [4.69, 9.17) is 0 Å². The second-order valence-electron chi connectivity index (χ2n) is 2.76. The predicted octanol–water partition coefficient (Wildman–Crippen LogP) is 1.13. The molecule has 0 spiro atoms. The van der Waals surface area contributed by atoms with Gasteiger partial charge in [0, 0.05) is 0 Å². The van der Waals surface area contributed by atoms with Crippen molar-refractivity contribution in [1.82, 2.24) is 8.80 Å². The fourth-order valence-electron chi connectivity index (χ4n) is 1.87. The van der Waals surface area contributed by atoms with Crippen LogP contribution in [-0.2, 0) is 0 Å². The third-order valence-electron chi connectivity index (χ3n) is 2.49. The van der Waals surface area contributed by atoms with Crippen LogP contribution in [0.4, 0.5) is 0 Å². The van der Waals surface area contributed by atoms with E-state index in [9.17, 15) is 0 Å². The van der Waals surface area contributed by atoms with Crippen molar-refractivity contribution in [3.05, 3.63) is 0 Å². The van der Waals surface area contributed by atoms with Crippen molar-refractivity contribution in [3.8, 4) is 0 Å². The number of benzene rings is 1. The highest BCUT2D eigenvalue weighted by Gasteiger charge is 2.46. The molecule has 0 fully saturated rings. The van der Waals surface area contributed by atoms with E-state index >= 15 is 0 Å². The van der Waals surface area contributed by atoms with Gasteiger partial charge in [-0.05, 0) is 0 Å². The Labute approximate surface area is 42.9 Å². The van der Waals surface area contributed by atoms with Gasteiger partial charge in [0.05, 0.1) is 33.1 Å². The van der Waals surface area contributed by atoms with Gasteiger partial charge in [0.15, 0.2) is 0 Å². The smallest absolute Gasteiger partial charge is 0.0994 e. The van der Waals surface area contributed by atoms with E-state index in [0.717, 1.165) is 0 Å². The van der Waals surface area contributed by atoms with E-state index in [2.05, 4.69) is 8.80 Å². The normalized spacial score (nSPS) is 18.0. The Kier molecular flexibility index (Phi) is 0.0640. The van der Waals surface area contributed by atoms with Crippen LogP contribution in [0.25, 0.3) is 33.1 Å². The Bertz CT molecular complexity index is 482. The summed E-state index contributed by atoms with van der Waals surface area (Å²) >= 11 is 0. The van der Waals surface area contributed by atoms with Crippen molar-refractivity contribution in [2.24, 2.45) is 0 Å². The van der Waals surface area contributed by atoms with Crippen molar-refractivity contribution in [1.29, 1.82) is 0 Å². The maximum atomic E-state index is 2.34. The van der Waals surface area contributed by atoms with Gasteiger partial charge in [0.25, 0.3) is 0 Å². The summed E-state index contributed by atoms with van der Waals surface area (Å²) in [5.41, 5.74) is 9.31. The molecule has 0 radical (unpaired) electrons. The quantitative estimate of drug-likeness (QED) is 0.276. The molecule has 6 aromatic heterocycles. The number of nitrogens with zero attached hydrogens (tertiary/aromatic N) is 2. The minimum Gasteiger partial charge on any atom is -0.298 e. The number of aromatic nitrogens is 2. The monoisotopic (exact) mass is 100 g/mol. The van der Waals surface area contributed by atoms with Crippen LogP contribution in [0.1, 0.15) is 0 Å². The molecule has 34 valence electrons. The maximum Gasteiger partial charge on any atom is 0.0994 e. The molecule has 2 heteroatoms. The summed E-state index contributed by atoms with van der Waals surface area (Å²) in [5.74, 6) is 0. The average Bonchev–Trinajstić information content (AvgIpc) is 2.56. The van der Waals surface area contributed by atoms with Crippen molar-refractivity contribution in [2.45, 2.75) is 0 Å². The summed E-state index contributed by atoms with van der Waals surface area (Å²) in [6, 6.07) is 0. The first kappa shape index (κ1) is 1.97. The Morgan fingerprint density at radius 1 is 0.500 bits per heavy atom. The lowest BCUT2D eigenvalue weighted by Crippen LogP contribution is -1.66. The molecule has 0 saturated carbocycles. The van der Waals surface area contributed by atoms with Gasteiger partial charge in [-0.3, -0.25) is 8.80 Å². The third-order valence-corrected chi connectivity index (χ3v) is 2.49. The number of pyridine rings is 2. The van der Waals surface area contributed by atoms with Gasteiger partial charge in [0.2, 0.25) is 0 Å². The summed E-state index contributed by atoms with van der Waals surface area (Å²) in [4.78, 5) is 0. The first-order chi connectivity index (χ1) is 4.00. The molecule has 8 heavy (non-hydrogen) atoms. The summed E-state index contributed by atoms with van der Waals surface area (Å²) in [6.45, 7) is 0. The Hall–Kier alpha value is -1.18. The summed E-state index contributed by atoms with van der Waals surface area (Å²) in [5, 5.41) is 0. The molecular formula is C6N2. The second-order valence-corrected chi connectivity index (χ2v) is 2.76. The van der Waals surface area contributed by atoms with Crippen LogP contribution < -0.4 is 0 Å². The molecule has 0 unspecified atom stereocenters. The molecule has 7 rings (SSSR count). The highest BCUT2D eigenvalue weighted by atomic mass is 15.3. The summed E-state index contributed by atoms with van der Waals surface area (Å²) in [6.07, 6.45) is 0. The number of hydrogen-bond donors (Lipinski definition) is 0. The average molecular weight is 100 g/mol. The fourth-order valence-corrected chi connectivity index (χ4v) is 1.87. The highest BCUT2D eigenvalue weighted by Crippen LogP contribution is 2.61. The van der Waals surface area contributed by atoms with Crippen molar-refractivity contribution in [3.63, 3.8) is 0 Å². The van der Waals surface area contributed by atoms with Gasteiger partial charge in [-0.25, -0.2) is 0 Å². The minimum absolute atomic E-state index is 1.55. The van der Waals surface area contributed by atoms with Crippen LogP contribution in [0.2, 0.25) is 0 Å². The predicted molar refractivity (Wildman–Crippen MR) is 30.5 cm³/mol. The number of hydrogen-bond acceptors (Lipinski definition) is 0. The van der Waals surface area contributed by atoms with E-state index in [0.29, 0.717) is 0 Å². The molecular weight excluding hydrogens is 100 g/mol. The van der Waals surface area contributed by atoms with E-state index in [-0.39, 0.29) is 0 Å². The van der Waals surface area contributed by atoms with Crippen molar-refractivity contribution >= 4 is 33.1 Å². The van der Waals surface area contributed by atoms with Crippen LogP contribution in [0, 0.1) is 0 Å². The van der Waals surface area contributed by atoms with Gasteiger partial charge in [-0.15, -0.1) is 0 Å². The molecule has 2 nitrogen and oxygen atoms in total. The van der Waals surface area contributed by atoms with Gasteiger partial charge < -0.3 is 0 Å². The molecule has 0 N–H and O–H groups in total. The SMILES string of the molecule is c12c3c4c5c(c1n23)n54. The van der Waals surface area contributed by atoms with Crippen LogP contribution in [0.3, 0.4) is 0 Å². The first-order valence-electron chi connectivity index (χ1n) is 2.84. The van der Waals surface area contributed by atoms with Crippen molar-refractivity contribution < 1.29 is 0 Å². The van der Waals surface area contributed by atoms with Gasteiger partial charge in [-0.2, -0.15) is 0 Å². The standard InChI is InChI=1S/C6N2/c1-2-6-4(8(2)6)3-5(1)7(1)3. The topological polar surface area (TPSA) is 8.82 Å². The molecule has 0 aliphatic rings. The molecule has 0 aliphatic heterocycles. The van der Waals surface area contributed by atoms with Crippen LogP contribution in [0.5, 0.6) is 0 Å². The molecule has 0 amide bonds. The zero-order valence-corrected chi connectivity index (χ0v) is 3.89. The second kappa shape index (κ2) is 0.260. The Balaban J connectivity index is 2.88.